The SMILES string of the molecule is CC(=O)SCC#Cc1cccc(C(=O)O)c1C. The maximum atomic E-state index is 10.9. The first-order valence-corrected chi connectivity index (χ1v) is 5.96. The highest BCUT2D eigenvalue weighted by Crippen LogP contribution is 2.12. The van der Waals surface area contributed by atoms with E-state index in [1.165, 1.54) is 6.92 Å². The monoisotopic (exact) mass is 248 g/mol. The molecule has 0 fully saturated rings. The van der Waals surface area contributed by atoms with Crippen molar-refractivity contribution in [2.24, 2.45) is 0 Å². The second-order valence-electron chi connectivity index (χ2n) is 3.37. The molecule has 0 bridgehead atoms. The lowest BCUT2D eigenvalue weighted by molar-refractivity contribution is -0.109. The van der Waals surface area contributed by atoms with Crippen molar-refractivity contribution >= 4 is 22.8 Å². The normalized spacial score (nSPS) is 9.29. The lowest BCUT2D eigenvalue weighted by Crippen LogP contribution is -2.00. The topological polar surface area (TPSA) is 54.4 Å². The Balaban J connectivity index is 2.88. The quantitative estimate of drug-likeness (QED) is 0.816. The lowest BCUT2D eigenvalue weighted by atomic mass is 10.0. The minimum atomic E-state index is -0.954. The molecule has 0 aliphatic heterocycles. The van der Waals surface area contributed by atoms with Gasteiger partial charge in [-0.15, -0.1) is 0 Å². The fourth-order valence-corrected chi connectivity index (χ4v) is 1.62. The zero-order chi connectivity index (χ0) is 12.8. The van der Waals surface area contributed by atoms with Crippen LogP contribution in [0.1, 0.15) is 28.4 Å². The molecule has 0 aliphatic rings. The molecule has 1 N–H and O–H groups in total. The zero-order valence-electron chi connectivity index (χ0n) is 9.61. The molecule has 0 radical (unpaired) electrons. The van der Waals surface area contributed by atoms with Gasteiger partial charge in [0.1, 0.15) is 0 Å². The summed E-state index contributed by atoms with van der Waals surface area (Å²) in [5.74, 6) is 5.18. The van der Waals surface area contributed by atoms with Gasteiger partial charge in [0.05, 0.1) is 11.3 Å². The van der Waals surface area contributed by atoms with Gasteiger partial charge >= 0.3 is 5.97 Å². The first kappa shape index (κ1) is 13.3. The van der Waals surface area contributed by atoms with Crippen LogP contribution in [0, 0.1) is 18.8 Å². The van der Waals surface area contributed by atoms with Gasteiger partial charge in [0.25, 0.3) is 0 Å². The summed E-state index contributed by atoms with van der Waals surface area (Å²) in [6, 6.07) is 4.99. The van der Waals surface area contributed by atoms with Gasteiger partial charge in [0.2, 0.25) is 0 Å². The molecule has 1 aromatic rings. The van der Waals surface area contributed by atoms with Crippen LogP contribution >= 0.6 is 11.8 Å². The Bertz CT molecular complexity index is 509. The van der Waals surface area contributed by atoms with Gasteiger partial charge in [-0.25, -0.2) is 4.79 Å². The Morgan fingerprint density at radius 1 is 1.41 bits per heavy atom. The largest absolute Gasteiger partial charge is 0.478 e. The van der Waals surface area contributed by atoms with E-state index in [9.17, 15) is 9.59 Å². The van der Waals surface area contributed by atoms with Crippen LogP contribution in [0.15, 0.2) is 18.2 Å². The number of carboxylic acids is 1. The summed E-state index contributed by atoms with van der Waals surface area (Å²) in [7, 11) is 0. The Morgan fingerprint density at radius 3 is 2.71 bits per heavy atom. The third-order valence-electron chi connectivity index (χ3n) is 2.13. The van der Waals surface area contributed by atoms with Crippen molar-refractivity contribution in [3.63, 3.8) is 0 Å². The molecule has 0 aliphatic carbocycles. The average Bonchev–Trinajstić information content (AvgIpc) is 2.25. The van der Waals surface area contributed by atoms with E-state index in [0.717, 1.165) is 11.8 Å². The fraction of sp³-hybridized carbons (Fsp3) is 0.231. The zero-order valence-corrected chi connectivity index (χ0v) is 10.4. The lowest BCUT2D eigenvalue weighted by Gasteiger charge is -2.02. The standard InChI is InChI=1S/C13H12O3S/c1-9-11(6-4-8-17-10(2)14)5-3-7-12(9)13(15)16/h3,5,7H,8H2,1-2H3,(H,15,16). The van der Waals surface area contributed by atoms with Gasteiger partial charge in [0.15, 0.2) is 5.12 Å². The number of carboxylic acid groups (broad SMARTS) is 1. The second-order valence-corrected chi connectivity index (χ2v) is 4.52. The van der Waals surface area contributed by atoms with Gasteiger partial charge < -0.3 is 5.11 Å². The van der Waals surface area contributed by atoms with E-state index < -0.39 is 5.97 Å². The van der Waals surface area contributed by atoms with Crippen molar-refractivity contribution in [3.8, 4) is 11.8 Å². The van der Waals surface area contributed by atoms with E-state index in [1.54, 1.807) is 25.1 Å². The van der Waals surface area contributed by atoms with Crippen molar-refractivity contribution in [3.05, 3.63) is 34.9 Å². The number of benzene rings is 1. The summed E-state index contributed by atoms with van der Waals surface area (Å²) in [6.45, 7) is 3.22. The molecule has 0 aromatic heterocycles. The van der Waals surface area contributed by atoms with Gasteiger partial charge in [-0.05, 0) is 24.6 Å². The number of carbonyl (C=O) groups excluding carboxylic acids is 1. The Kier molecular flexibility index (Phi) is 4.80. The molecule has 1 aromatic carbocycles. The van der Waals surface area contributed by atoms with E-state index in [2.05, 4.69) is 11.8 Å². The molecule has 17 heavy (non-hydrogen) atoms. The molecule has 0 saturated heterocycles. The van der Waals surface area contributed by atoms with Crippen LogP contribution in [0.4, 0.5) is 0 Å². The number of carbonyl (C=O) groups is 2. The number of thioether (sulfide) groups is 1. The fourth-order valence-electron chi connectivity index (χ4n) is 1.27. The highest BCUT2D eigenvalue weighted by molar-refractivity contribution is 8.13. The van der Waals surface area contributed by atoms with Crippen molar-refractivity contribution in [1.29, 1.82) is 0 Å². The van der Waals surface area contributed by atoms with E-state index in [4.69, 9.17) is 5.11 Å². The van der Waals surface area contributed by atoms with Gasteiger partial charge in [-0.2, -0.15) is 0 Å². The van der Waals surface area contributed by atoms with E-state index in [0.29, 0.717) is 16.9 Å². The molecule has 0 saturated carbocycles. The maximum absolute atomic E-state index is 10.9. The third kappa shape index (κ3) is 3.97. The third-order valence-corrected chi connectivity index (χ3v) is 2.83. The van der Waals surface area contributed by atoms with Gasteiger partial charge in [0, 0.05) is 12.5 Å². The van der Waals surface area contributed by atoms with Crippen molar-refractivity contribution in [2.45, 2.75) is 13.8 Å². The predicted octanol–water partition coefficient (Wildman–Crippen LogP) is 2.32. The molecule has 88 valence electrons. The maximum Gasteiger partial charge on any atom is 0.335 e. The summed E-state index contributed by atoms with van der Waals surface area (Å²) >= 11 is 1.14. The molecule has 3 nitrogen and oxygen atoms in total. The summed E-state index contributed by atoms with van der Waals surface area (Å²) in [5, 5.41) is 8.96. The van der Waals surface area contributed by atoms with Crippen LogP contribution < -0.4 is 0 Å². The molecular formula is C13H12O3S. The van der Waals surface area contributed by atoms with Crippen LogP contribution in [0.25, 0.3) is 0 Å². The van der Waals surface area contributed by atoms with E-state index >= 15 is 0 Å². The van der Waals surface area contributed by atoms with Crippen molar-refractivity contribution < 1.29 is 14.7 Å². The van der Waals surface area contributed by atoms with E-state index in [1.807, 2.05) is 0 Å². The molecule has 1 rings (SSSR count). The van der Waals surface area contributed by atoms with Gasteiger partial charge in [-0.1, -0.05) is 29.7 Å². The van der Waals surface area contributed by atoms with Crippen LogP contribution in [0.3, 0.4) is 0 Å². The Morgan fingerprint density at radius 2 is 2.12 bits per heavy atom. The Hall–Kier alpha value is -1.73. The number of hydrogen-bond donors (Lipinski definition) is 1. The molecule has 0 heterocycles. The van der Waals surface area contributed by atoms with E-state index in [-0.39, 0.29) is 10.7 Å². The smallest absolute Gasteiger partial charge is 0.335 e. The molecule has 0 amide bonds. The van der Waals surface area contributed by atoms with Crippen LogP contribution in [-0.4, -0.2) is 21.9 Å². The second kappa shape index (κ2) is 6.12. The highest BCUT2D eigenvalue weighted by Gasteiger charge is 2.08. The number of hydrogen-bond acceptors (Lipinski definition) is 3. The van der Waals surface area contributed by atoms with Crippen LogP contribution in [0.2, 0.25) is 0 Å². The average molecular weight is 248 g/mol. The molecular weight excluding hydrogens is 236 g/mol. The summed E-state index contributed by atoms with van der Waals surface area (Å²) < 4.78 is 0. The number of rotatable bonds is 2. The van der Waals surface area contributed by atoms with Gasteiger partial charge in [-0.3, -0.25) is 4.79 Å². The first-order valence-electron chi connectivity index (χ1n) is 4.97. The molecule has 0 atom stereocenters. The Labute approximate surface area is 104 Å². The summed E-state index contributed by atoms with van der Waals surface area (Å²) in [5.41, 5.74) is 1.60. The van der Waals surface area contributed by atoms with Crippen LogP contribution in [0.5, 0.6) is 0 Å². The summed E-state index contributed by atoms with van der Waals surface area (Å²) in [6.07, 6.45) is 0. The van der Waals surface area contributed by atoms with Crippen LogP contribution in [-0.2, 0) is 4.79 Å². The molecule has 4 heteroatoms. The number of aromatic carboxylic acids is 1. The minimum absolute atomic E-state index is 0.0234. The molecule has 0 unspecified atom stereocenters. The van der Waals surface area contributed by atoms with Crippen molar-refractivity contribution in [1.82, 2.24) is 0 Å². The summed E-state index contributed by atoms with van der Waals surface area (Å²) in [4.78, 5) is 21.6. The highest BCUT2D eigenvalue weighted by atomic mass is 32.2. The minimum Gasteiger partial charge on any atom is -0.478 e. The first-order chi connectivity index (χ1) is 8.02. The van der Waals surface area contributed by atoms with Crippen molar-refractivity contribution in [2.75, 3.05) is 5.75 Å². The molecule has 0 spiro atoms. The predicted molar refractivity (Wildman–Crippen MR) is 68.2 cm³/mol.